The molecule has 7 heteroatoms. The van der Waals surface area contributed by atoms with Crippen LogP contribution in [0.25, 0.3) is 10.8 Å². The molecule has 0 unspecified atom stereocenters. The molecule has 0 fully saturated rings. The molecule has 0 aliphatic rings. The minimum absolute atomic E-state index is 0.113. The molecule has 27 heavy (non-hydrogen) atoms. The number of rotatable bonds is 7. The van der Waals surface area contributed by atoms with Crippen LogP contribution in [0.15, 0.2) is 40.8 Å². The molecule has 0 atom stereocenters. The van der Waals surface area contributed by atoms with Crippen LogP contribution in [-0.4, -0.2) is 23.2 Å². The van der Waals surface area contributed by atoms with E-state index in [0.29, 0.717) is 33.4 Å². The maximum atomic E-state index is 12.4. The van der Waals surface area contributed by atoms with E-state index in [-0.39, 0.29) is 5.91 Å². The van der Waals surface area contributed by atoms with E-state index in [4.69, 9.17) is 9.68 Å². The third-order valence-corrected chi connectivity index (χ3v) is 6.06. The quantitative estimate of drug-likeness (QED) is 0.592. The maximum absolute atomic E-state index is 12.4. The summed E-state index contributed by atoms with van der Waals surface area (Å²) < 4.78 is 5.58. The standard InChI is InChI=1S/C20H19N3O2S2/c1-13-7-8-17(25-13)20-23-14(2)18(27-20)19(24)22-9-10-26-12-16-6-4-3-5-15(16)11-21/h3-8H,9-10,12H2,1-2H3,(H,22,24). The van der Waals surface area contributed by atoms with Gasteiger partial charge in [0.05, 0.1) is 17.3 Å². The number of furan rings is 1. The summed E-state index contributed by atoms with van der Waals surface area (Å²) in [7, 11) is 0. The Balaban J connectivity index is 1.50. The molecule has 5 nitrogen and oxygen atoms in total. The lowest BCUT2D eigenvalue weighted by atomic mass is 10.1. The molecule has 2 heterocycles. The van der Waals surface area contributed by atoms with E-state index in [1.165, 1.54) is 11.3 Å². The van der Waals surface area contributed by atoms with E-state index in [0.717, 1.165) is 22.8 Å². The van der Waals surface area contributed by atoms with Crippen LogP contribution in [0.1, 0.15) is 32.3 Å². The summed E-state index contributed by atoms with van der Waals surface area (Å²) in [6.07, 6.45) is 0. The highest BCUT2D eigenvalue weighted by Gasteiger charge is 2.17. The van der Waals surface area contributed by atoms with Gasteiger partial charge >= 0.3 is 0 Å². The highest BCUT2D eigenvalue weighted by atomic mass is 32.2. The number of nitrogens with one attached hydrogen (secondary N) is 1. The zero-order chi connectivity index (χ0) is 19.2. The Morgan fingerprint density at radius 3 is 2.85 bits per heavy atom. The van der Waals surface area contributed by atoms with Crippen molar-refractivity contribution in [2.45, 2.75) is 19.6 Å². The monoisotopic (exact) mass is 397 g/mol. The van der Waals surface area contributed by atoms with E-state index in [1.807, 2.05) is 50.2 Å². The lowest BCUT2D eigenvalue weighted by Crippen LogP contribution is -2.25. The lowest BCUT2D eigenvalue weighted by Gasteiger charge is -2.05. The Kier molecular flexibility index (Phi) is 6.32. The molecule has 0 saturated carbocycles. The van der Waals surface area contributed by atoms with E-state index in [2.05, 4.69) is 16.4 Å². The van der Waals surface area contributed by atoms with Crippen molar-refractivity contribution in [1.82, 2.24) is 10.3 Å². The van der Waals surface area contributed by atoms with Crippen molar-refractivity contribution < 1.29 is 9.21 Å². The van der Waals surface area contributed by atoms with Gasteiger partial charge in [0, 0.05) is 18.1 Å². The molecule has 3 aromatic rings. The first-order valence-electron chi connectivity index (χ1n) is 8.46. The molecule has 0 aliphatic heterocycles. The Morgan fingerprint density at radius 2 is 2.11 bits per heavy atom. The van der Waals surface area contributed by atoms with Crippen molar-refractivity contribution in [1.29, 1.82) is 5.26 Å². The van der Waals surface area contributed by atoms with Crippen LogP contribution in [-0.2, 0) is 5.75 Å². The lowest BCUT2D eigenvalue weighted by molar-refractivity contribution is 0.0959. The molecule has 0 radical (unpaired) electrons. The van der Waals surface area contributed by atoms with Crippen LogP contribution in [0.5, 0.6) is 0 Å². The highest BCUT2D eigenvalue weighted by Crippen LogP contribution is 2.29. The first-order chi connectivity index (χ1) is 13.1. The van der Waals surface area contributed by atoms with Gasteiger partial charge in [0.15, 0.2) is 10.8 Å². The number of carbonyl (C=O) groups excluding carboxylic acids is 1. The van der Waals surface area contributed by atoms with Crippen molar-refractivity contribution in [2.75, 3.05) is 12.3 Å². The van der Waals surface area contributed by atoms with Crippen LogP contribution in [0.2, 0.25) is 0 Å². The third kappa shape index (κ3) is 4.79. The van der Waals surface area contributed by atoms with Gasteiger partial charge in [-0.25, -0.2) is 4.98 Å². The van der Waals surface area contributed by atoms with Gasteiger partial charge in [0.1, 0.15) is 10.6 Å². The van der Waals surface area contributed by atoms with Gasteiger partial charge in [-0.15, -0.1) is 11.3 Å². The number of thiazole rings is 1. The van der Waals surface area contributed by atoms with Crippen molar-refractivity contribution in [3.8, 4) is 16.8 Å². The number of nitriles is 1. The maximum Gasteiger partial charge on any atom is 0.263 e. The molecular formula is C20H19N3O2S2. The van der Waals surface area contributed by atoms with Gasteiger partial charge in [-0.05, 0) is 37.6 Å². The smallest absolute Gasteiger partial charge is 0.263 e. The molecule has 0 saturated heterocycles. The number of amides is 1. The second kappa shape index (κ2) is 8.89. The first-order valence-corrected chi connectivity index (χ1v) is 10.4. The summed E-state index contributed by atoms with van der Waals surface area (Å²) in [5.74, 6) is 2.91. The summed E-state index contributed by atoms with van der Waals surface area (Å²) in [6.45, 7) is 4.27. The Bertz CT molecular complexity index is 985. The van der Waals surface area contributed by atoms with Crippen molar-refractivity contribution in [2.24, 2.45) is 0 Å². The molecule has 1 N–H and O–H groups in total. The first kappa shape index (κ1) is 19.2. The Hall–Kier alpha value is -2.56. The van der Waals surface area contributed by atoms with Crippen LogP contribution in [0.4, 0.5) is 0 Å². The minimum Gasteiger partial charge on any atom is -0.459 e. The molecule has 3 rings (SSSR count). The number of benzene rings is 1. The Morgan fingerprint density at radius 1 is 1.30 bits per heavy atom. The summed E-state index contributed by atoms with van der Waals surface area (Å²) in [5, 5.41) is 12.8. The predicted molar refractivity (Wildman–Crippen MR) is 109 cm³/mol. The molecule has 0 aliphatic carbocycles. The number of hydrogen-bond donors (Lipinski definition) is 1. The number of thioether (sulfide) groups is 1. The van der Waals surface area contributed by atoms with Crippen LogP contribution < -0.4 is 5.32 Å². The molecular weight excluding hydrogens is 378 g/mol. The van der Waals surface area contributed by atoms with Gasteiger partial charge in [0.25, 0.3) is 5.91 Å². The van der Waals surface area contributed by atoms with Crippen LogP contribution in [0.3, 0.4) is 0 Å². The summed E-state index contributed by atoms with van der Waals surface area (Å²) in [4.78, 5) is 17.5. The summed E-state index contributed by atoms with van der Waals surface area (Å²) in [6, 6.07) is 13.5. The van der Waals surface area contributed by atoms with Crippen LogP contribution >= 0.6 is 23.1 Å². The fourth-order valence-corrected chi connectivity index (χ4v) is 4.32. The SMILES string of the molecule is Cc1ccc(-c2nc(C)c(C(=O)NCCSCc3ccccc3C#N)s2)o1. The number of nitrogens with zero attached hydrogens (tertiary/aromatic N) is 2. The zero-order valence-electron chi connectivity index (χ0n) is 15.1. The van der Waals surface area contributed by atoms with Crippen molar-refractivity contribution in [3.63, 3.8) is 0 Å². The van der Waals surface area contributed by atoms with Gasteiger partial charge in [-0.2, -0.15) is 17.0 Å². The average Bonchev–Trinajstić information content (AvgIpc) is 3.27. The third-order valence-electron chi connectivity index (χ3n) is 3.88. The van der Waals surface area contributed by atoms with E-state index in [1.54, 1.807) is 11.8 Å². The topological polar surface area (TPSA) is 78.9 Å². The highest BCUT2D eigenvalue weighted by molar-refractivity contribution is 7.98. The molecule has 0 bridgehead atoms. The van der Waals surface area contributed by atoms with E-state index in [9.17, 15) is 4.79 Å². The fourth-order valence-electron chi connectivity index (χ4n) is 2.52. The van der Waals surface area contributed by atoms with E-state index >= 15 is 0 Å². The van der Waals surface area contributed by atoms with Gasteiger partial charge in [0.2, 0.25) is 0 Å². The Labute approximate surface area is 166 Å². The number of carbonyl (C=O) groups is 1. The molecule has 2 aromatic heterocycles. The minimum atomic E-state index is -0.113. The second-order valence-corrected chi connectivity index (χ2v) is 8.03. The molecule has 1 aromatic carbocycles. The normalized spacial score (nSPS) is 10.6. The molecule has 1 amide bonds. The van der Waals surface area contributed by atoms with Crippen LogP contribution in [0, 0.1) is 25.2 Å². The second-order valence-electron chi connectivity index (χ2n) is 5.92. The van der Waals surface area contributed by atoms with Crippen molar-refractivity contribution >= 4 is 29.0 Å². The molecule has 138 valence electrons. The summed E-state index contributed by atoms with van der Waals surface area (Å²) >= 11 is 3.03. The summed E-state index contributed by atoms with van der Waals surface area (Å²) in [5.41, 5.74) is 2.43. The average molecular weight is 398 g/mol. The van der Waals surface area contributed by atoms with Gasteiger partial charge in [-0.1, -0.05) is 18.2 Å². The number of hydrogen-bond acceptors (Lipinski definition) is 6. The van der Waals surface area contributed by atoms with Gasteiger partial charge < -0.3 is 9.73 Å². The van der Waals surface area contributed by atoms with Crippen molar-refractivity contribution in [3.05, 3.63) is 63.9 Å². The fraction of sp³-hybridized carbons (Fsp3) is 0.250. The molecule has 0 spiro atoms. The number of aryl methyl sites for hydroxylation is 2. The van der Waals surface area contributed by atoms with E-state index < -0.39 is 0 Å². The number of aromatic nitrogens is 1. The predicted octanol–water partition coefficient (Wildman–Crippen LogP) is 4.55. The zero-order valence-corrected chi connectivity index (χ0v) is 16.7. The van der Waals surface area contributed by atoms with Gasteiger partial charge in [-0.3, -0.25) is 4.79 Å². The largest absolute Gasteiger partial charge is 0.459 e.